The van der Waals surface area contributed by atoms with Crippen molar-refractivity contribution in [3.8, 4) is 0 Å². The zero-order valence-corrected chi connectivity index (χ0v) is 13.7. The number of esters is 1. The van der Waals surface area contributed by atoms with Gasteiger partial charge in [0.15, 0.2) is 6.61 Å². The molecule has 1 amide bonds. The number of amides is 1. The molecule has 0 saturated heterocycles. The van der Waals surface area contributed by atoms with Crippen LogP contribution in [0.25, 0.3) is 0 Å². The van der Waals surface area contributed by atoms with E-state index < -0.39 is 24.3 Å². The Hall–Kier alpha value is -2.69. The Kier molecular flexibility index (Phi) is 6.07. The van der Waals surface area contributed by atoms with Crippen LogP contribution in [0.4, 0.5) is 10.1 Å². The van der Waals surface area contributed by atoms with Gasteiger partial charge in [-0.15, -0.1) is 0 Å². The number of rotatable bonds is 6. The fraction of sp³-hybridized carbons (Fsp3) is 0.263. The monoisotopic (exact) mass is 329 g/mol. The number of carbonyl (C=O) groups excluding carboxylic acids is 2. The lowest BCUT2D eigenvalue weighted by Crippen LogP contribution is -2.21. The number of halogens is 1. The van der Waals surface area contributed by atoms with Gasteiger partial charge in [-0.3, -0.25) is 4.79 Å². The molecule has 0 aliphatic heterocycles. The van der Waals surface area contributed by atoms with Crippen molar-refractivity contribution in [3.05, 3.63) is 65.5 Å². The quantitative estimate of drug-likeness (QED) is 0.820. The van der Waals surface area contributed by atoms with Crippen LogP contribution in [0.3, 0.4) is 0 Å². The Balaban J connectivity index is 1.86. The minimum Gasteiger partial charge on any atom is -0.452 e. The average Bonchev–Trinajstić information content (AvgIpc) is 2.55. The lowest BCUT2D eigenvalue weighted by molar-refractivity contribution is -0.119. The van der Waals surface area contributed by atoms with Gasteiger partial charge in [0, 0.05) is 0 Å². The second kappa shape index (κ2) is 8.24. The second-order valence-electron chi connectivity index (χ2n) is 5.90. The molecule has 2 aromatic carbocycles. The molecule has 0 spiro atoms. The largest absolute Gasteiger partial charge is 0.452 e. The number of ether oxygens (including phenoxy) is 1. The predicted octanol–water partition coefficient (Wildman–Crippen LogP) is 3.82. The Bertz CT molecular complexity index is 711. The van der Waals surface area contributed by atoms with Gasteiger partial charge >= 0.3 is 5.97 Å². The molecule has 0 saturated carbocycles. The molecule has 5 heteroatoms. The number of benzene rings is 2. The molecule has 2 rings (SSSR count). The molecule has 0 atom stereocenters. The number of para-hydroxylation sites is 1. The number of hydrogen-bond acceptors (Lipinski definition) is 3. The van der Waals surface area contributed by atoms with E-state index in [1.165, 1.54) is 18.2 Å². The van der Waals surface area contributed by atoms with Gasteiger partial charge in [-0.1, -0.05) is 38.1 Å². The normalized spacial score (nSPS) is 10.5. The van der Waals surface area contributed by atoms with E-state index in [-0.39, 0.29) is 5.69 Å². The summed E-state index contributed by atoms with van der Waals surface area (Å²) in [5.41, 5.74) is 1.57. The summed E-state index contributed by atoms with van der Waals surface area (Å²) in [6.07, 6.45) is 0.931. The minimum absolute atomic E-state index is 0.0524. The second-order valence-corrected chi connectivity index (χ2v) is 5.90. The third-order valence-corrected chi connectivity index (χ3v) is 3.32. The summed E-state index contributed by atoms with van der Waals surface area (Å²) < 4.78 is 18.4. The highest BCUT2D eigenvalue weighted by atomic mass is 19.1. The van der Waals surface area contributed by atoms with Gasteiger partial charge in [0.2, 0.25) is 0 Å². The zero-order valence-electron chi connectivity index (χ0n) is 13.7. The van der Waals surface area contributed by atoms with Gasteiger partial charge in [0.25, 0.3) is 5.91 Å². The van der Waals surface area contributed by atoms with Crippen LogP contribution in [0.15, 0.2) is 48.5 Å². The Morgan fingerprint density at radius 2 is 1.75 bits per heavy atom. The molecular formula is C19H20FNO3. The van der Waals surface area contributed by atoms with Crippen molar-refractivity contribution in [2.75, 3.05) is 11.9 Å². The Morgan fingerprint density at radius 1 is 1.08 bits per heavy atom. The van der Waals surface area contributed by atoms with Crippen LogP contribution in [0.1, 0.15) is 29.8 Å². The first-order valence-corrected chi connectivity index (χ1v) is 7.76. The van der Waals surface area contributed by atoms with Crippen LogP contribution in [-0.4, -0.2) is 18.5 Å². The molecule has 0 unspecified atom stereocenters. The summed E-state index contributed by atoms with van der Waals surface area (Å²) >= 11 is 0. The molecule has 24 heavy (non-hydrogen) atoms. The molecule has 0 bridgehead atoms. The molecule has 0 aliphatic rings. The number of anilines is 1. The number of carbonyl (C=O) groups is 2. The Labute approximate surface area is 140 Å². The van der Waals surface area contributed by atoms with Gasteiger partial charge in [-0.05, 0) is 42.2 Å². The van der Waals surface area contributed by atoms with Crippen molar-refractivity contribution in [3.63, 3.8) is 0 Å². The van der Waals surface area contributed by atoms with Crippen molar-refractivity contribution in [1.29, 1.82) is 0 Å². The maximum absolute atomic E-state index is 13.4. The predicted molar refractivity (Wildman–Crippen MR) is 90.3 cm³/mol. The summed E-state index contributed by atoms with van der Waals surface area (Å²) in [7, 11) is 0. The molecule has 126 valence electrons. The maximum Gasteiger partial charge on any atom is 0.338 e. The molecule has 0 fully saturated rings. The van der Waals surface area contributed by atoms with E-state index in [0.717, 1.165) is 12.0 Å². The van der Waals surface area contributed by atoms with Gasteiger partial charge in [-0.25, -0.2) is 9.18 Å². The van der Waals surface area contributed by atoms with Gasteiger partial charge in [0.05, 0.1) is 11.3 Å². The topological polar surface area (TPSA) is 55.4 Å². The number of hydrogen-bond donors (Lipinski definition) is 1. The highest BCUT2D eigenvalue weighted by Gasteiger charge is 2.12. The number of nitrogens with one attached hydrogen (secondary N) is 1. The summed E-state index contributed by atoms with van der Waals surface area (Å²) in [6, 6.07) is 12.9. The molecule has 0 heterocycles. The molecule has 2 aromatic rings. The van der Waals surface area contributed by atoms with E-state index in [1.54, 1.807) is 18.2 Å². The summed E-state index contributed by atoms with van der Waals surface area (Å²) in [5.74, 6) is -1.19. The molecule has 4 nitrogen and oxygen atoms in total. The first-order valence-electron chi connectivity index (χ1n) is 7.76. The SMILES string of the molecule is CC(C)Cc1ccc(C(=O)OCC(=O)Nc2ccccc2F)cc1. The average molecular weight is 329 g/mol. The van der Waals surface area contributed by atoms with Crippen LogP contribution < -0.4 is 5.32 Å². The highest BCUT2D eigenvalue weighted by Crippen LogP contribution is 2.13. The summed E-state index contributed by atoms with van der Waals surface area (Å²) in [5, 5.41) is 2.36. The van der Waals surface area contributed by atoms with E-state index in [0.29, 0.717) is 11.5 Å². The molecule has 0 aliphatic carbocycles. The van der Waals surface area contributed by atoms with Crippen LogP contribution in [-0.2, 0) is 16.0 Å². The van der Waals surface area contributed by atoms with Crippen molar-refractivity contribution >= 4 is 17.6 Å². The maximum atomic E-state index is 13.4. The first-order chi connectivity index (χ1) is 11.5. The lowest BCUT2D eigenvalue weighted by atomic mass is 10.0. The van der Waals surface area contributed by atoms with Gasteiger partial charge in [-0.2, -0.15) is 0 Å². The molecule has 0 aromatic heterocycles. The van der Waals surface area contributed by atoms with Crippen molar-refractivity contribution in [1.82, 2.24) is 0 Å². The first kappa shape index (κ1) is 17.7. The zero-order chi connectivity index (χ0) is 17.5. The lowest BCUT2D eigenvalue weighted by Gasteiger charge is -2.08. The van der Waals surface area contributed by atoms with Crippen LogP contribution in [0, 0.1) is 11.7 Å². The van der Waals surface area contributed by atoms with Gasteiger partial charge in [0.1, 0.15) is 5.82 Å². The van der Waals surface area contributed by atoms with E-state index >= 15 is 0 Å². The van der Waals surface area contributed by atoms with Crippen LogP contribution in [0.5, 0.6) is 0 Å². The summed E-state index contributed by atoms with van der Waals surface area (Å²) in [4.78, 5) is 23.6. The smallest absolute Gasteiger partial charge is 0.338 e. The van der Waals surface area contributed by atoms with Crippen molar-refractivity contribution in [2.24, 2.45) is 5.92 Å². The van der Waals surface area contributed by atoms with E-state index in [1.807, 2.05) is 12.1 Å². The molecule has 0 radical (unpaired) electrons. The highest BCUT2D eigenvalue weighted by molar-refractivity contribution is 5.95. The summed E-state index contributed by atoms with van der Waals surface area (Å²) in [6.45, 7) is 3.77. The third kappa shape index (κ3) is 5.19. The van der Waals surface area contributed by atoms with E-state index in [2.05, 4.69) is 19.2 Å². The molecule has 1 N–H and O–H groups in total. The van der Waals surface area contributed by atoms with Crippen LogP contribution >= 0.6 is 0 Å². The Morgan fingerprint density at radius 3 is 2.38 bits per heavy atom. The standard InChI is InChI=1S/C19H20FNO3/c1-13(2)11-14-7-9-15(10-8-14)19(23)24-12-18(22)21-17-6-4-3-5-16(17)20/h3-10,13H,11-12H2,1-2H3,(H,21,22). The molecular weight excluding hydrogens is 309 g/mol. The fourth-order valence-corrected chi connectivity index (χ4v) is 2.21. The van der Waals surface area contributed by atoms with Gasteiger partial charge < -0.3 is 10.1 Å². The van der Waals surface area contributed by atoms with Crippen molar-refractivity contribution < 1.29 is 18.7 Å². The van der Waals surface area contributed by atoms with Crippen LogP contribution in [0.2, 0.25) is 0 Å². The minimum atomic E-state index is -0.593. The fourth-order valence-electron chi connectivity index (χ4n) is 2.21. The van der Waals surface area contributed by atoms with Crippen molar-refractivity contribution in [2.45, 2.75) is 20.3 Å². The van der Waals surface area contributed by atoms with E-state index in [9.17, 15) is 14.0 Å². The third-order valence-electron chi connectivity index (χ3n) is 3.32. The van der Waals surface area contributed by atoms with E-state index in [4.69, 9.17) is 4.74 Å².